The van der Waals surface area contributed by atoms with Crippen LogP contribution >= 0.6 is 11.6 Å². The van der Waals surface area contributed by atoms with E-state index in [4.69, 9.17) is 11.6 Å². The maximum absolute atomic E-state index is 14.2. The van der Waals surface area contributed by atoms with Gasteiger partial charge in [0.1, 0.15) is 10.7 Å². The fourth-order valence-electron chi connectivity index (χ4n) is 2.57. The Kier molecular flexibility index (Phi) is 6.14. The van der Waals surface area contributed by atoms with Crippen molar-refractivity contribution in [1.82, 2.24) is 10.3 Å². The predicted molar refractivity (Wildman–Crippen MR) is 108 cm³/mol. The van der Waals surface area contributed by atoms with Gasteiger partial charge >= 0.3 is 6.03 Å². The molecule has 29 heavy (non-hydrogen) atoms. The quantitative estimate of drug-likeness (QED) is 0.626. The second-order valence-corrected chi connectivity index (χ2v) is 8.47. The van der Waals surface area contributed by atoms with Crippen molar-refractivity contribution in [3.05, 3.63) is 82.9 Å². The molecule has 0 saturated heterocycles. The van der Waals surface area contributed by atoms with Crippen molar-refractivity contribution >= 4 is 33.2 Å². The van der Waals surface area contributed by atoms with Crippen molar-refractivity contribution in [3.63, 3.8) is 0 Å². The molecule has 2 amide bonds. The number of nitrogens with one attached hydrogen (secondary N) is 2. The van der Waals surface area contributed by atoms with Gasteiger partial charge in [0, 0.05) is 24.6 Å². The van der Waals surface area contributed by atoms with Crippen LogP contribution in [0.25, 0.3) is 0 Å². The Morgan fingerprint density at radius 3 is 2.52 bits per heavy atom. The Labute approximate surface area is 172 Å². The highest BCUT2D eigenvalue weighted by Gasteiger charge is 2.26. The molecular weight excluding hydrogens is 417 g/mol. The predicted octanol–water partition coefficient (Wildman–Crippen LogP) is 4.34. The van der Waals surface area contributed by atoms with Gasteiger partial charge in [-0.15, -0.1) is 0 Å². The van der Waals surface area contributed by atoms with Crippen molar-refractivity contribution in [3.8, 4) is 0 Å². The molecule has 0 radical (unpaired) electrons. The molecule has 0 atom stereocenters. The minimum atomic E-state index is -4.16. The van der Waals surface area contributed by atoms with E-state index in [-0.39, 0.29) is 16.5 Å². The van der Waals surface area contributed by atoms with E-state index in [0.29, 0.717) is 11.3 Å². The Hall–Kier alpha value is -2.97. The minimum Gasteiger partial charge on any atom is -0.334 e. The van der Waals surface area contributed by atoms with Crippen LogP contribution < -0.4 is 10.6 Å². The van der Waals surface area contributed by atoms with Gasteiger partial charge in [-0.2, -0.15) is 0 Å². The van der Waals surface area contributed by atoms with Gasteiger partial charge in [-0.05, 0) is 54.4 Å². The molecule has 0 unspecified atom stereocenters. The summed E-state index contributed by atoms with van der Waals surface area (Å²) in [5.41, 5.74) is 1.67. The number of benzene rings is 2. The molecule has 2 aromatic carbocycles. The molecule has 0 bridgehead atoms. The van der Waals surface area contributed by atoms with Crippen LogP contribution in [0, 0.1) is 12.7 Å². The van der Waals surface area contributed by atoms with Gasteiger partial charge in [0.2, 0.25) is 9.84 Å². The Morgan fingerprint density at radius 1 is 1.14 bits per heavy atom. The number of rotatable bonds is 5. The zero-order valence-electron chi connectivity index (χ0n) is 15.3. The molecule has 3 rings (SSSR count). The first-order valence-corrected chi connectivity index (χ1v) is 10.4. The Balaban J connectivity index is 1.73. The normalized spacial score (nSPS) is 11.1. The minimum absolute atomic E-state index is 0.134. The molecule has 150 valence electrons. The number of amides is 2. The molecule has 0 spiro atoms. The van der Waals surface area contributed by atoms with E-state index in [1.807, 2.05) is 6.07 Å². The molecule has 0 saturated carbocycles. The zero-order chi connectivity index (χ0) is 21.0. The molecule has 0 aliphatic rings. The van der Waals surface area contributed by atoms with Gasteiger partial charge in [-0.3, -0.25) is 4.98 Å². The Bertz CT molecular complexity index is 1140. The lowest BCUT2D eigenvalue weighted by Crippen LogP contribution is -2.28. The number of carbonyl (C=O) groups is 1. The number of halogens is 2. The molecule has 6 nitrogen and oxygen atoms in total. The van der Waals surface area contributed by atoms with Crippen molar-refractivity contribution in [2.45, 2.75) is 23.3 Å². The highest BCUT2D eigenvalue weighted by molar-refractivity contribution is 7.91. The molecule has 3 aromatic rings. The van der Waals surface area contributed by atoms with Crippen molar-refractivity contribution < 1.29 is 17.6 Å². The summed E-state index contributed by atoms with van der Waals surface area (Å²) in [6.07, 6.45) is 3.27. The van der Waals surface area contributed by atoms with Gasteiger partial charge in [0.25, 0.3) is 0 Å². The average molecular weight is 434 g/mol. The highest BCUT2D eigenvalue weighted by Crippen LogP contribution is 2.32. The van der Waals surface area contributed by atoms with Crippen molar-refractivity contribution in [1.29, 1.82) is 0 Å². The maximum Gasteiger partial charge on any atom is 0.319 e. The van der Waals surface area contributed by atoms with E-state index in [9.17, 15) is 17.6 Å². The third-order valence-electron chi connectivity index (χ3n) is 4.11. The fourth-order valence-corrected chi connectivity index (χ4v) is 4.48. The third kappa shape index (κ3) is 4.72. The van der Waals surface area contributed by atoms with Crippen LogP contribution in [0.2, 0.25) is 5.02 Å². The number of sulfone groups is 1. The van der Waals surface area contributed by atoms with Gasteiger partial charge in [-0.25, -0.2) is 17.6 Å². The smallest absolute Gasteiger partial charge is 0.319 e. The van der Waals surface area contributed by atoms with E-state index in [0.717, 1.165) is 11.6 Å². The molecule has 0 aliphatic carbocycles. The monoisotopic (exact) mass is 433 g/mol. The summed E-state index contributed by atoms with van der Waals surface area (Å²) >= 11 is 6.03. The molecule has 1 aromatic heterocycles. The molecule has 0 fully saturated rings. The van der Waals surface area contributed by atoms with Gasteiger partial charge in [0.05, 0.1) is 9.92 Å². The molecular formula is C20H17ClFN3O3S. The van der Waals surface area contributed by atoms with E-state index < -0.39 is 26.6 Å². The van der Waals surface area contributed by atoms with Crippen LogP contribution in [-0.4, -0.2) is 19.4 Å². The van der Waals surface area contributed by atoms with Crippen molar-refractivity contribution in [2.24, 2.45) is 0 Å². The molecule has 1 heterocycles. The van der Waals surface area contributed by atoms with Crippen LogP contribution in [0.3, 0.4) is 0 Å². The van der Waals surface area contributed by atoms with Crippen LogP contribution in [-0.2, 0) is 16.4 Å². The third-order valence-corrected chi connectivity index (χ3v) is 6.54. The largest absolute Gasteiger partial charge is 0.334 e. The Morgan fingerprint density at radius 2 is 1.86 bits per heavy atom. The van der Waals surface area contributed by atoms with Crippen molar-refractivity contribution in [2.75, 3.05) is 5.32 Å². The van der Waals surface area contributed by atoms with Crippen LogP contribution in [0.15, 0.2) is 70.7 Å². The number of aromatic nitrogens is 1. The first-order valence-electron chi connectivity index (χ1n) is 8.52. The summed E-state index contributed by atoms with van der Waals surface area (Å²) < 4.78 is 39.7. The second-order valence-electron chi connectivity index (χ2n) is 6.20. The number of nitrogens with zero attached hydrogens (tertiary/aromatic N) is 1. The summed E-state index contributed by atoms with van der Waals surface area (Å²) in [6, 6.07) is 11.0. The zero-order valence-corrected chi connectivity index (χ0v) is 16.9. The molecule has 0 aliphatic heterocycles. The van der Waals surface area contributed by atoms with Gasteiger partial charge in [0.15, 0.2) is 0 Å². The van der Waals surface area contributed by atoms with E-state index in [1.165, 1.54) is 30.3 Å². The fraction of sp³-hybridized carbons (Fsp3) is 0.100. The lowest BCUT2D eigenvalue weighted by Gasteiger charge is -2.11. The van der Waals surface area contributed by atoms with Crippen LogP contribution in [0.1, 0.15) is 11.1 Å². The number of pyridine rings is 1. The lowest BCUT2D eigenvalue weighted by atomic mass is 10.2. The first kappa shape index (κ1) is 20.8. The van der Waals surface area contributed by atoms with Crippen LogP contribution in [0.4, 0.5) is 14.9 Å². The van der Waals surface area contributed by atoms with E-state index in [2.05, 4.69) is 15.6 Å². The summed E-state index contributed by atoms with van der Waals surface area (Å²) in [4.78, 5) is 15.3. The number of anilines is 1. The number of urea groups is 1. The maximum atomic E-state index is 14.2. The summed E-state index contributed by atoms with van der Waals surface area (Å²) in [5.74, 6) is -0.919. The SMILES string of the molecule is Cc1ccc(F)c(S(=O)(=O)c2ccc(NC(=O)NCc3cccnc3)cc2)c1Cl. The van der Waals surface area contributed by atoms with Gasteiger partial charge < -0.3 is 10.6 Å². The van der Waals surface area contributed by atoms with E-state index >= 15 is 0 Å². The number of hydrogen-bond donors (Lipinski definition) is 2. The highest BCUT2D eigenvalue weighted by atomic mass is 35.5. The van der Waals surface area contributed by atoms with Crippen LogP contribution in [0.5, 0.6) is 0 Å². The first-order chi connectivity index (χ1) is 13.8. The topological polar surface area (TPSA) is 88.2 Å². The second kappa shape index (κ2) is 8.59. The summed E-state index contributed by atoms with van der Waals surface area (Å²) in [6.45, 7) is 1.88. The summed E-state index contributed by atoms with van der Waals surface area (Å²) in [5, 5.41) is 5.11. The summed E-state index contributed by atoms with van der Waals surface area (Å²) in [7, 11) is -4.16. The lowest BCUT2D eigenvalue weighted by molar-refractivity contribution is 0.251. The standard InChI is InChI=1S/C20H17ClFN3O3S/c1-13-4-9-17(22)19(18(13)21)29(27,28)16-7-5-15(6-8-16)25-20(26)24-12-14-3-2-10-23-11-14/h2-11H,12H2,1H3,(H2,24,25,26). The number of hydrogen-bond acceptors (Lipinski definition) is 4. The number of aryl methyl sites for hydroxylation is 1. The molecule has 9 heteroatoms. The van der Waals surface area contributed by atoms with Gasteiger partial charge in [-0.1, -0.05) is 23.7 Å². The number of carbonyl (C=O) groups excluding carboxylic acids is 1. The average Bonchev–Trinajstić information content (AvgIpc) is 2.70. The molecule has 2 N–H and O–H groups in total. The van der Waals surface area contributed by atoms with E-state index in [1.54, 1.807) is 25.4 Å².